The molecule has 1 aliphatic heterocycles. The first-order valence-corrected chi connectivity index (χ1v) is 6.89. The number of anilines is 1. The summed E-state index contributed by atoms with van der Waals surface area (Å²) in [5, 5.41) is 3.27. The Hall–Kier alpha value is -2.04. The summed E-state index contributed by atoms with van der Waals surface area (Å²) < 4.78 is 0. The summed E-state index contributed by atoms with van der Waals surface area (Å²) in [5.41, 5.74) is 2.55. The van der Waals surface area contributed by atoms with Crippen molar-refractivity contribution in [3.05, 3.63) is 29.8 Å². The van der Waals surface area contributed by atoms with Crippen LogP contribution < -0.4 is 10.2 Å². The summed E-state index contributed by atoms with van der Waals surface area (Å²) in [4.78, 5) is 19.7. The van der Waals surface area contributed by atoms with Gasteiger partial charge in [-0.15, -0.1) is 0 Å². The quantitative estimate of drug-likeness (QED) is 0.663. The Bertz CT molecular complexity index is 510. The third kappa shape index (κ3) is 3.10. The number of para-hydroxylation sites is 1. The first kappa shape index (κ1) is 14.4. The fourth-order valence-electron chi connectivity index (χ4n) is 2.36. The van der Waals surface area contributed by atoms with E-state index in [4.69, 9.17) is 0 Å². The van der Waals surface area contributed by atoms with Gasteiger partial charge in [0.1, 0.15) is 0 Å². The molecule has 1 N–H and O–H groups in total. The number of nitrogens with one attached hydrogen (secondary N) is 1. The molecule has 2 rings (SSSR count). The zero-order chi connectivity index (χ0) is 14.5. The van der Waals surface area contributed by atoms with Gasteiger partial charge < -0.3 is 15.1 Å². The molecular formula is C15H22N4O. The largest absolute Gasteiger partial charge is 0.355 e. The second-order valence-corrected chi connectivity index (χ2v) is 5.04. The lowest BCUT2D eigenvalue weighted by Gasteiger charge is -2.22. The molecule has 0 radical (unpaired) electrons. The molecule has 1 heterocycles. The Morgan fingerprint density at radius 1 is 1.40 bits per heavy atom. The Kier molecular flexibility index (Phi) is 4.61. The van der Waals surface area contributed by atoms with E-state index in [2.05, 4.69) is 33.4 Å². The van der Waals surface area contributed by atoms with Crippen molar-refractivity contribution in [1.82, 2.24) is 10.2 Å². The molecule has 0 atom stereocenters. The minimum absolute atomic E-state index is 0.120. The number of aliphatic imine (C=N–C) groups is 1. The normalized spacial score (nSPS) is 14.2. The van der Waals surface area contributed by atoms with Gasteiger partial charge in [0.2, 0.25) is 5.91 Å². The minimum Gasteiger partial charge on any atom is -0.355 e. The molecule has 5 nitrogen and oxygen atoms in total. The van der Waals surface area contributed by atoms with Gasteiger partial charge >= 0.3 is 0 Å². The van der Waals surface area contributed by atoms with E-state index in [1.54, 1.807) is 26.0 Å². The molecule has 108 valence electrons. The molecule has 20 heavy (non-hydrogen) atoms. The average molecular weight is 274 g/mol. The van der Waals surface area contributed by atoms with Gasteiger partial charge in [0.25, 0.3) is 0 Å². The number of guanidine groups is 1. The molecular weight excluding hydrogens is 252 g/mol. The lowest BCUT2D eigenvalue weighted by molar-refractivity contribution is -0.128. The highest BCUT2D eigenvalue weighted by Crippen LogP contribution is 2.27. The summed E-state index contributed by atoms with van der Waals surface area (Å²) in [6.45, 7) is 1.53. The van der Waals surface area contributed by atoms with Crippen molar-refractivity contribution in [3.8, 4) is 0 Å². The van der Waals surface area contributed by atoms with E-state index in [0.717, 1.165) is 18.9 Å². The maximum Gasteiger partial charge on any atom is 0.223 e. The van der Waals surface area contributed by atoms with Gasteiger partial charge in [-0.25, -0.2) is 0 Å². The Balaban J connectivity index is 1.96. The third-order valence-corrected chi connectivity index (χ3v) is 3.48. The van der Waals surface area contributed by atoms with Gasteiger partial charge in [-0.2, -0.15) is 0 Å². The van der Waals surface area contributed by atoms with Crippen molar-refractivity contribution in [2.45, 2.75) is 12.8 Å². The van der Waals surface area contributed by atoms with Crippen LogP contribution in [-0.4, -0.2) is 51.0 Å². The second-order valence-electron chi connectivity index (χ2n) is 5.04. The van der Waals surface area contributed by atoms with Crippen LogP contribution in [0.25, 0.3) is 0 Å². The molecule has 0 fully saturated rings. The zero-order valence-electron chi connectivity index (χ0n) is 12.4. The summed E-state index contributed by atoms with van der Waals surface area (Å²) in [7, 11) is 5.32. The maximum absolute atomic E-state index is 11.6. The van der Waals surface area contributed by atoms with Crippen molar-refractivity contribution in [1.29, 1.82) is 0 Å². The first-order chi connectivity index (χ1) is 9.63. The van der Waals surface area contributed by atoms with Crippen molar-refractivity contribution in [3.63, 3.8) is 0 Å². The molecule has 0 spiro atoms. The summed E-state index contributed by atoms with van der Waals surface area (Å²) in [6, 6.07) is 8.37. The van der Waals surface area contributed by atoms with E-state index in [9.17, 15) is 4.79 Å². The third-order valence-electron chi connectivity index (χ3n) is 3.48. The van der Waals surface area contributed by atoms with Crippen LogP contribution in [0.2, 0.25) is 0 Å². The van der Waals surface area contributed by atoms with Crippen LogP contribution in [0.3, 0.4) is 0 Å². The van der Waals surface area contributed by atoms with Gasteiger partial charge in [0.15, 0.2) is 5.96 Å². The standard InChI is InChI=1S/C15H22N4O/c1-16-15(17-10-8-14(20)18(2)3)19-11-9-12-6-4-5-7-13(12)19/h4-7H,8-11H2,1-3H3,(H,16,17). The number of rotatable bonds is 3. The van der Waals surface area contributed by atoms with Gasteiger partial charge in [0.05, 0.1) is 0 Å². The molecule has 0 saturated heterocycles. The summed E-state index contributed by atoms with van der Waals surface area (Å²) in [5.74, 6) is 0.955. The number of nitrogens with zero attached hydrogens (tertiary/aromatic N) is 3. The lowest BCUT2D eigenvalue weighted by atomic mass is 10.2. The number of benzene rings is 1. The smallest absolute Gasteiger partial charge is 0.223 e. The van der Waals surface area contributed by atoms with Crippen LogP contribution in [0.1, 0.15) is 12.0 Å². The zero-order valence-corrected chi connectivity index (χ0v) is 12.4. The van der Waals surface area contributed by atoms with E-state index in [1.165, 1.54) is 11.3 Å². The molecule has 5 heteroatoms. The SMILES string of the molecule is CN=C(NCCC(=O)N(C)C)N1CCc2ccccc21. The molecule has 0 unspecified atom stereocenters. The molecule has 0 saturated carbocycles. The van der Waals surface area contributed by atoms with Crippen molar-refractivity contribution in [2.75, 3.05) is 39.1 Å². The highest BCUT2D eigenvalue weighted by molar-refractivity contribution is 5.98. The highest BCUT2D eigenvalue weighted by atomic mass is 16.2. The van der Waals surface area contributed by atoms with Crippen molar-refractivity contribution >= 4 is 17.6 Å². The van der Waals surface area contributed by atoms with E-state index in [-0.39, 0.29) is 5.91 Å². The molecule has 1 amide bonds. The minimum atomic E-state index is 0.120. The predicted molar refractivity (Wildman–Crippen MR) is 82.2 cm³/mol. The van der Waals surface area contributed by atoms with Crippen LogP contribution in [0.15, 0.2) is 29.3 Å². The predicted octanol–water partition coefficient (Wildman–Crippen LogP) is 1.10. The number of hydrogen-bond donors (Lipinski definition) is 1. The molecule has 1 aromatic rings. The topological polar surface area (TPSA) is 47.9 Å². The Labute approximate surface area is 120 Å². The number of amides is 1. The Morgan fingerprint density at radius 3 is 2.85 bits per heavy atom. The summed E-state index contributed by atoms with van der Waals surface area (Å²) >= 11 is 0. The summed E-state index contributed by atoms with van der Waals surface area (Å²) in [6.07, 6.45) is 1.51. The number of fused-ring (bicyclic) bond motifs is 1. The van der Waals surface area contributed by atoms with Crippen LogP contribution in [-0.2, 0) is 11.2 Å². The van der Waals surface area contributed by atoms with Crippen molar-refractivity contribution in [2.24, 2.45) is 4.99 Å². The molecule has 1 aliphatic rings. The number of carbonyl (C=O) groups excluding carboxylic acids is 1. The average Bonchev–Trinajstić information content (AvgIpc) is 2.87. The first-order valence-electron chi connectivity index (χ1n) is 6.89. The van der Waals surface area contributed by atoms with E-state index >= 15 is 0 Å². The fraction of sp³-hybridized carbons (Fsp3) is 0.467. The van der Waals surface area contributed by atoms with Gasteiger partial charge in [0, 0.05) is 46.3 Å². The molecule has 0 bridgehead atoms. The van der Waals surface area contributed by atoms with E-state index in [1.807, 2.05) is 6.07 Å². The van der Waals surface area contributed by atoms with Crippen LogP contribution in [0.4, 0.5) is 5.69 Å². The molecule has 1 aromatic carbocycles. The van der Waals surface area contributed by atoms with Crippen LogP contribution in [0, 0.1) is 0 Å². The van der Waals surface area contributed by atoms with Crippen molar-refractivity contribution < 1.29 is 4.79 Å². The lowest BCUT2D eigenvalue weighted by Crippen LogP contribution is -2.41. The Morgan fingerprint density at radius 2 is 2.15 bits per heavy atom. The highest BCUT2D eigenvalue weighted by Gasteiger charge is 2.22. The number of hydrogen-bond acceptors (Lipinski definition) is 2. The van der Waals surface area contributed by atoms with E-state index in [0.29, 0.717) is 13.0 Å². The number of carbonyl (C=O) groups is 1. The van der Waals surface area contributed by atoms with Crippen LogP contribution >= 0.6 is 0 Å². The van der Waals surface area contributed by atoms with E-state index < -0.39 is 0 Å². The molecule has 0 aliphatic carbocycles. The fourth-order valence-corrected chi connectivity index (χ4v) is 2.36. The van der Waals surface area contributed by atoms with Gasteiger partial charge in [-0.05, 0) is 18.1 Å². The van der Waals surface area contributed by atoms with Gasteiger partial charge in [-0.1, -0.05) is 18.2 Å². The molecule has 0 aromatic heterocycles. The monoisotopic (exact) mass is 274 g/mol. The maximum atomic E-state index is 11.6. The second kappa shape index (κ2) is 6.41. The van der Waals surface area contributed by atoms with Gasteiger partial charge in [-0.3, -0.25) is 9.79 Å². The van der Waals surface area contributed by atoms with Crippen LogP contribution in [0.5, 0.6) is 0 Å².